The number of nitrogens with one attached hydrogen (secondary N) is 1. The number of amides is 1. The smallest absolute Gasteiger partial charge is 0.229 e. The molecule has 0 aliphatic carbocycles. The third-order valence-corrected chi connectivity index (χ3v) is 4.41. The summed E-state index contributed by atoms with van der Waals surface area (Å²) in [6.07, 6.45) is 2.01. The Kier molecular flexibility index (Phi) is 5.70. The van der Waals surface area contributed by atoms with Gasteiger partial charge in [0.05, 0.1) is 10.4 Å². The van der Waals surface area contributed by atoms with Crippen LogP contribution in [-0.4, -0.2) is 43.6 Å². The van der Waals surface area contributed by atoms with E-state index in [1.165, 1.54) is 0 Å². The summed E-state index contributed by atoms with van der Waals surface area (Å²) >= 11 is 6.07. The zero-order valence-electron chi connectivity index (χ0n) is 13.6. The lowest BCUT2D eigenvalue weighted by molar-refractivity contribution is -0.131. The molecule has 5 heteroatoms. The second-order valence-electron chi connectivity index (χ2n) is 6.65. The lowest BCUT2D eigenvalue weighted by atomic mass is 9.92. The second kappa shape index (κ2) is 7.34. The van der Waals surface area contributed by atoms with E-state index in [0.29, 0.717) is 17.4 Å². The van der Waals surface area contributed by atoms with Crippen LogP contribution in [0.2, 0.25) is 5.02 Å². The Morgan fingerprint density at radius 1 is 1.36 bits per heavy atom. The zero-order valence-corrected chi connectivity index (χ0v) is 14.3. The van der Waals surface area contributed by atoms with Gasteiger partial charge in [-0.3, -0.25) is 4.79 Å². The largest absolute Gasteiger partial charge is 0.491 e. The van der Waals surface area contributed by atoms with Crippen LogP contribution in [-0.2, 0) is 4.79 Å². The maximum Gasteiger partial charge on any atom is 0.229 e. The van der Waals surface area contributed by atoms with E-state index in [4.69, 9.17) is 16.3 Å². The summed E-state index contributed by atoms with van der Waals surface area (Å²) in [5.74, 6) is 0.651. The predicted molar refractivity (Wildman–Crippen MR) is 89.4 cm³/mol. The first-order valence-corrected chi connectivity index (χ1v) is 8.13. The van der Waals surface area contributed by atoms with Crippen molar-refractivity contribution in [3.05, 3.63) is 29.3 Å². The van der Waals surface area contributed by atoms with Gasteiger partial charge in [0.2, 0.25) is 5.91 Å². The van der Waals surface area contributed by atoms with Gasteiger partial charge in [0.25, 0.3) is 0 Å². The summed E-state index contributed by atoms with van der Waals surface area (Å²) in [7, 11) is 2.11. The molecule has 1 aliphatic heterocycles. The van der Waals surface area contributed by atoms with Crippen molar-refractivity contribution in [3.8, 4) is 5.75 Å². The number of rotatable bonds is 5. The van der Waals surface area contributed by atoms with E-state index in [2.05, 4.69) is 17.3 Å². The first-order chi connectivity index (χ1) is 10.4. The Bertz CT molecular complexity index is 511. The number of nitrogens with zero attached hydrogens (tertiary/aromatic N) is 1. The van der Waals surface area contributed by atoms with Crippen LogP contribution in [0.4, 0.5) is 0 Å². The molecule has 1 aromatic carbocycles. The minimum absolute atomic E-state index is 0.0362. The summed E-state index contributed by atoms with van der Waals surface area (Å²) in [4.78, 5) is 14.8. The van der Waals surface area contributed by atoms with Crippen LogP contribution in [0.3, 0.4) is 0 Å². The number of ether oxygens (including phenoxy) is 1. The molecular formula is C17H25ClN2O2. The second-order valence-corrected chi connectivity index (χ2v) is 7.06. The highest BCUT2D eigenvalue weighted by molar-refractivity contribution is 6.32. The molecule has 0 bridgehead atoms. The zero-order chi connectivity index (χ0) is 16.2. The molecule has 1 heterocycles. The number of carbonyl (C=O) groups excluding carboxylic acids is 1. The van der Waals surface area contributed by atoms with Crippen molar-refractivity contribution in [1.82, 2.24) is 10.2 Å². The standard InChI is InChI=1S/C17H25ClN2O2/c1-17(2,12-22-15-7-5-4-6-14(15)18)16(21)19-13-8-10-20(3)11-9-13/h4-7,13H,8-12H2,1-3H3,(H,19,21). The molecule has 0 unspecified atom stereocenters. The van der Waals surface area contributed by atoms with Gasteiger partial charge < -0.3 is 15.0 Å². The molecule has 1 fully saturated rings. The SMILES string of the molecule is CN1CCC(NC(=O)C(C)(C)COc2ccccc2Cl)CC1. The van der Waals surface area contributed by atoms with Gasteiger partial charge in [-0.25, -0.2) is 0 Å². The predicted octanol–water partition coefficient (Wildman–Crippen LogP) is 2.96. The highest BCUT2D eigenvalue weighted by atomic mass is 35.5. The lowest BCUT2D eigenvalue weighted by Gasteiger charge is -2.32. The van der Waals surface area contributed by atoms with Gasteiger partial charge in [0.15, 0.2) is 0 Å². The number of para-hydroxylation sites is 1. The third kappa shape index (κ3) is 4.62. The fraction of sp³-hybridized carbons (Fsp3) is 0.588. The number of benzene rings is 1. The Morgan fingerprint density at radius 2 is 2.00 bits per heavy atom. The highest BCUT2D eigenvalue weighted by Crippen LogP contribution is 2.26. The van der Waals surface area contributed by atoms with Crippen molar-refractivity contribution in [1.29, 1.82) is 0 Å². The summed E-state index contributed by atoms with van der Waals surface area (Å²) in [6.45, 7) is 6.15. The number of likely N-dealkylation sites (tertiary alicyclic amines) is 1. The van der Waals surface area contributed by atoms with Crippen molar-refractivity contribution < 1.29 is 9.53 Å². The van der Waals surface area contributed by atoms with E-state index < -0.39 is 5.41 Å². The van der Waals surface area contributed by atoms with Gasteiger partial charge in [0, 0.05) is 6.04 Å². The molecular weight excluding hydrogens is 300 g/mol. The molecule has 1 N–H and O–H groups in total. The monoisotopic (exact) mass is 324 g/mol. The van der Waals surface area contributed by atoms with Crippen molar-refractivity contribution in [3.63, 3.8) is 0 Å². The first kappa shape index (κ1) is 17.1. The average molecular weight is 325 g/mol. The summed E-state index contributed by atoms with van der Waals surface area (Å²) in [5, 5.41) is 3.72. The summed E-state index contributed by atoms with van der Waals surface area (Å²) < 4.78 is 5.73. The number of carbonyl (C=O) groups is 1. The van der Waals surface area contributed by atoms with E-state index in [1.807, 2.05) is 32.0 Å². The normalized spacial score (nSPS) is 17.3. The van der Waals surface area contributed by atoms with E-state index in [-0.39, 0.29) is 11.9 Å². The molecule has 0 saturated carbocycles. The Morgan fingerprint density at radius 3 is 2.64 bits per heavy atom. The number of halogens is 1. The first-order valence-electron chi connectivity index (χ1n) is 7.75. The van der Waals surface area contributed by atoms with Crippen molar-refractivity contribution in [2.45, 2.75) is 32.7 Å². The molecule has 122 valence electrons. The molecule has 0 spiro atoms. The number of hydrogen-bond acceptors (Lipinski definition) is 3. The highest BCUT2D eigenvalue weighted by Gasteiger charge is 2.31. The quantitative estimate of drug-likeness (QED) is 0.905. The van der Waals surface area contributed by atoms with Gasteiger partial charge in [-0.2, -0.15) is 0 Å². The van der Waals surface area contributed by atoms with Crippen LogP contribution >= 0.6 is 11.6 Å². The maximum absolute atomic E-state index is 12.5. The lowest BCUT2D eigenvalue weighted by Crippen LogP contribution is -2.49. The van der Waals surface area contributed by atoms with Gasteiger partial charge >= 0.3 is 0 Å². The average Bonchev–Trinajstić information content (AvgIpc) is 2.49. The minimum atomic E-state index is -0.595. The maximum atomic E-state index is 12.5. The minimum Gasteiger partial charge on any atom is -0.491 e. The Labute approximate surface area is 137 Å². The van der Waals surface area contributed by atoms with Crippen LogP contribution in [0.15, 0.2) is 24.3 Å². The molecule has 2 rings (SSSR count). The third-order valence-electron chi connectivity index (χ3n) is 4.09. The Hall–Kier alpha value is -1.26. The van der Waals surface area contributed by atoms with E-state index in [9.17, 15) is 4.79 Å². The van der Waals surface area contributed by atoms with Crippen LogP contribution in [0.5, 0.6) is 5.75 Å². The molecule has 0 aromatic heterocycles. The van der Waals surface area contributed by atoms with Gasteiger partial charge in [-0.05, 0) is 59.0 Å². The number of piperidine rings is 1. The fourth-order valence-corrected chi connectivity index (χ4v) is 2.61. The van der Waals surface area contributed by atoms with E-state index >= 15 is 0 Å². The molecule has 0 atom stereocenters. The molecule has 1 saturated heterocycles. The molecule has 1 amide bonds. The molecule has 4 nitrogen and oxygen atoms in total. The summed E-state index contributed by atoms with van der Waals surface area (Å²) in [5.41, 5.74) is -0.595. The van der Waals surface area contributed by atoms with Crippen LogP contribution in [0.25, 0.3) is 0 Å². The number of hydrogen-bond donors (Lipinski definition) is 1. The fourth-order valence-electron chi connectivity index (χ4n) is 2.42. The van der Waals surface area contributed by atoms with Crippen molar-refractivity contribution in [2.75, 3.05) is 26.7 Å². The Balaban J connectivity index is 1.86. The van der Waals surface area contributed by atoms with Crippen LogP contribution < -0.4 is 10.1 Å². The molecule has 1 aliphatic rings. The molecule has 1 aromatic rings. The van der Waals surface area contributed by atoms with Crippen molar-refractivity contribution >= 4 is 17.5 Å². The van der Waals surface area contributed by atoms with E-state index in [1.54, 1.807) is 6.07 Å². The van der Waals surface area contributed by atoms with Crippen LogP contribution in [0, 0.1) is 5.41 Å². The molecule has 22 heavy (non-hydrogen) atoms. The van der Waals surface area contributed by atoms with Crippen LogP contribution in [0.1, 0.15) is 26.7 Å². The van der Waals surface area contributed by atoms with Crippen molar-refractivity contribution in [2.24, 2.45) is 5.41 Å². The van der Waals surface area contributed by atoms with Gasteiger partial charge in [0.1, 0.15) is 12.4 Å². The topological polar surface area (TPSA) is 41.6 Å². The van der Waals surface area contributed by atoms with Gasteiger partial charge in [-0.15, -0.1) is 0 Å². The summed E-state index contributed by atoms with van der Waals surface area (Å²) in [6, 6.07) is 7.58. The van der Waals surface area contributed by atoms with E-state index in [0.717, 1.165) is 25.9 Å². The van der Waals surface area contributed by atoms with Gasteiger partial charge in [-0.1, -0.05) is 23.7 Å². The molecule has 0 radical (unpaired) electrons.